The zero-order valence-electron chi connectivity index (χ0n) is 14.2. The molecule has 0 saturated carbocycles. The average Bonchev–Trinajstić information content (AvgIpc) is 3.18. The van der Waals surface area contributed by atoms with Crippen LogP contribution in [0.2, 0.25) is 0 Å². The Labute approximate surface area is 144 Å². The Morgan fingerprint density at radius 2 is 1.75 bits per heavy atom. The maximum atomic E-state index is 6.33. The van der Waals surface area contributed by atoms with Crippen molar-refractivity contribution in [3.63, 3.8) is 0 Å². The molecule has 1 aromatic carbocycles. The van der Waals surface area contributed by atoms with E-state index in [1.54, 1.807) is 0 Å². The largest absolute Gasteiger partial charge is 0.489 e. The number of nitrogens with zero attached hydrogens (tertiary/aromatic N) is 1. The number of para-hydroxylation sites is 1. The van der Waals surface area contributed by atoms with Gasteiger partial charge >= 0.3 is 0 Å². The fraction of sp³-hybridized carbons (Fsp3) is 0.500. The van der Waals surface area contributed by atoms with Gasteiger partial charge in [0.2, 0.25) is 0 Å². The molecule has 0 radical (unpaired) electrons. The van der Waals surface area contributed by atoms with Crippen LogP contribution in [0.4, 0.5) is 5.82 Å². The molecule has 2 N–H and O–H groups in total. The number of piperidine rings is 2. The Hall–Kier alpha value is -1.94. The van der Waals surface area contributed by atoms with Gasteiger partial charge in [0, 0.05) is 12.7 Å². The number of rotatable bonds is 4. The van der Waals surface area contributed by atoms with E-state index in [4.69, 9.17) is 4.74 Å². The Balaban J connectivity index is 1.50. The highest BCUT2D eigenvalue weighted by molar-refractivity contribution is 5.39. The highest BCUT2D eigenvalue weighted by atomic mass is 16.5. The number of anilines is 1. The predicted octanol–water partition coefficient (Wildman–Crippen LogP) is 3.29. The smallest absolute Gasteiger partial charge is 0.119 e. The summed E-state index contributed by atoms with van der Waals surface area (Å²) in [6.45, 7) is 4.42. The standard InChI is InChI=1S/C20H27N3O/c1-2-5-18(6-3-1)24-19-13-17(16-8-11-21-12-9-16)14-23(15-19)20-7-4-10-22-20/h1-7,10,16-17,19,21-22H,8-9,11-15H2. The van der Waals surface area contributed by atoms with Gasteiger partial charge in [-0.25, -0.2) is 0 Å². The van der Waals surface area contributed by atoms with Crippen molar-refractivity contribution in [2.75, 3.05) is 31.1 Å². The maximum absolute atomic E-state index is 6.33. The van der Waals surface area contributed by atoms with Crippen LogP contribution in [0.3, 0.4) is 0 Å². The molecule has 4 heteroatoms. The second-order valence-electron chi connectivity index (χ2n) is 7.10. The van der Waals surface area contributed by atoms with Crippen LogP contribution >= 0.6 is 0 Å². The van der Waals surface area contributed by atoms with Crippen molar-refractivity contribution in [3.8, 4) is 5.75 Å². The molecule has 0 amide bonds. The third-order valence-corrected chi connectivity index (χ3v) is 5.46. The van der Waals surface area contributed by atoms with Crippen molar-refractivity contribution in [1.29, 1.82) is 0 Å². The molecule has 128 valence electrons. The summed E-state index contributed by atoms with van der Waals surface area (Å²) >= 11 is 0. The van der Waals surface area contributed by atoms with Crippen LogP contribution in [-0.4, -0.2) is 37.3 Å². The minimum atomic E-state index is 0.254. The number of hydrogen-bond acceptors (Lipinski definition) is 3. The fourth-order valence-corrected chi connectivity index (χ4v) is 4.24. The van der Waals surface area contributed by atoms with E-state index in [9.17, 15) is 0 Å². The minimum absolute atomic E-state index is 0.254. The monoisotopic (exact) mass is 325 g/mol. The molecule has 4 rings (SSSR count). The third kappa shape index (κ3) is 3.59. The molecule has 0 bridgehead atoms. The molecule has 3 heterocycles. The highest BCUT2D eigenvalue weighted by Gasteiger charge is 2.34. The van der Waals surface area contributed by atoms with E-state index < -0.39 is 0 Å². The second-order valence-corrected chi connectivity index (χ2v) is 7.10. The predicted molar refractivity (Wildman–Crippen MR) is 97.6 cm³/mol. The van der Waals surface area contributed by atoms with Crippen LogP contribution in [-0.2, 0) is 0 Å². The fourth-order valence-electron chi connectivity index (χ4n) is 4.24. The third-order valence-electron chi connectivity index (χ3n) is 5.46. The Morgan fingerprint density at radius 1 is 0.917 bits per heavy atom. The lowest BCUT2D eigenvalue weighted by atomic mass is 9.79. The van der Waals surface area contributed by atoms with Crippen LogP contribution in [0.5, 0.6) is 5.75 Å². The summed E-state index contributed by atoms with van der Waals surface area (Å²) in [5.74, 6) is 3.72. The first-order valence-corrected chi connectivity index (χ1v) is 9.19. The number of H-pyrrole nitrogens is 1. The summed E-state index contributed by atoms with van der Waals surface area (Å²) in [6, 6.07) is 14.5. The van der Waals surface area contributed by atoms with E-state index in [-0.39, 0.29) is 6.10 Å². The maximum Gasteiger partial charge on any atom is 0.119 e. The zero-order chi connectivity index (χ0) is 16.2. The molecular formula is C20H27N3O. The zero-order valence-corrected chi connectivity index (χ0v) is 14.2. The van der Waals surface area contributed by atoms with Crippen molar-refractivity contribution in [2.24, 2.45) is 11.8 Å². The van der Waals surface area contributed by atoms with E-state index >= 15 is 0 Å². The first-order chi connectivity index (χ1) is 11.9. The van der Waals surface area contributed by atoms with Gasteiger partial charge in [0.15, 0.2) is 0 Å². The lowest BCUT2D eigenvalue weighted by molar-refractivity contribution is 0.115. The molecule has 2 aliphatic heterocycles. The molecule has 24 heavy (non-hydrogen) atoms. The molecule has 2 aromatic rings. The van der Waals surface area contributed by atoms with Crippen LogP contribution in [0.25, 0.3) is 0 Å². The Morgan fingerprint density at radius 3 is 2.50 bits per heavy atom. The summed E-state index contributed by atoms with van der Waals surface area (Å²) in [6.07, 6.45) is 6.01. The summed E-state index contributed by atoms with van der Waals surface area (Å²) in [5.41, 5.74) is 0. The molecule has 0 spiro atoms. The summed E-state index contributed by atoms with van der Waals surface area (Å²) < 4.78 is 6.33. The average molecular weight is 325 g/mol. The number of aromatic amines is 1. The highest BCUT2D eigenvalue weighted by Crippen LogP contribution is 2.33. The first-order valence-electron chi connectivity index (χ1n) is 9.19. The van der Waals surface area contributed by atoms with Gasteiger partial charge in [0.25, 0.3) is 0 Å². The molecular weight excluding hydrogens is 298 g/mol. The van der Waals surface area contributed by atoms with Gasteiger partial charge in [-0.3, -0.25) is 0 Å². The molecule has 2 atom stereocenters. The quantitative estimate of drug-likeness (QED) is 0.906. The van der Waals surface area contributed by atoms with E-state index in [1.807, 2.05) is 24.4 Å². The molecule has 2 saturated heterocycles. The molecule has 0 aliphatic carbocycles. The van der Waals surface area contributed by atoms with Crippen LogP contribution < -0.4 is 15.0 Å². The van der Waals surface area contributed by atoms with E-state index in [2.05, 4.69) is 39.5 Å². The van der Waals surface area contributed by atoms with E-state index in [1.165, 1.54) is 18.7 Å². The van der Waals surface area contributed by atoms with Crippen molar-refractivity contribution in [2.45, 2.75) is 25.4 Å². The topological polar surface area (TPSA) is 40.3 Å². The van der Waals surface area contributed by atoms with Crippen LogP contribution in [0.15, 0.2) is 48.7 Å². The number of ether oxygens (including phenoxy) is 1. The molecule has 2 aliphatic rings. The summed E-state index contributed by atoms with van der Waals surface area (Å²) in [4.78, 5) is 5.85. The number of aromatic nitrogens is 1. The molecule has 2 fully saturated rings. The molecule has 4 nitrogen and oxygen atoms in total. The summed E-state index contributed by atoms with van der Waals surface area (Å²) in [7, 11) is 0. The van der Waals surface area contributed by atoms with Crippen LogP contribution in [0.1, 0.15) is 19.3 Å². The number of benzene rings is 1. The first kappa shape index (κ1) is 15.6. The van der Waals surface area contributed by atoms with Gasteiger partial charge in [-0.05, 0) is 68.5 Å². The van der Waals surface area contributed by atoms with E-state index in [0.717, 1.165) is 44.3 Å². The molecule has 1 aromatic heterocycles. The van der Waals surface area contributed by atoms with Gasteiger partial charge in [-0.2, -0.15) is 0 Å². The lowest BCUT2D eigenvalue weighted by Crippen LogP contribution is -2.49. The minimum Gasteiger partial charge on any atom is -0.489 e. The van der Waals surface area contributed by atoms with Gasteiger partial charge in [-0.1, -0.05) is 18.2 Å². The van der Waals surface area contributed by atoms with Crippen molar-refractivity contribution in [1.82, 2.24) is 10.3 Å². The van der Waals surface area contributed by atoms with Gasteiger partial charge in [0.1, 0.15) is 17.7 Å². The Bertz CT molecular complexity index is 607. The van der Waals surface area contributed by atoms with Crippen LogP contribution in [0, 0.1) is 11.8 Å². The van der Waals surface area contributed by atoms with E-state index in [0.29, 0.717) is 5.92 Å². The normalized spacial score (nSPS) is 25.6. The number of nitrogens with one attached hydrogen (secondary N) is 2. The number of hydrogen-bond donors (Lipinski definition) is 2. The van der Waals surface area contributed by atoms with Gasteiger partial charge in [-0.15, -0.1) is 0 Å². The SMILES string of the molecule is c1ccc(OC2CC(C3CCNCC3)CN(c3ccc[nH]3)C2)cc1. The summed E-state index contributed by atoms with van der Waals surface area (Å²) in [5, 5.41) is 3.49. The van der Waals surface area contributed by atoms with Crippen molar-refractivity contribution < 1.29 is 4.74 Å². The van der Waals surface area contributed by atoms with Crippen molar-refractivity contribution in [3.05, 3.63) is 48.7 Å². The Kier molecular flexibility index (Phi) is 4.74. The van der Waals surface area contributed by atoms with Crippen molar-refractivity contribution >= 4 is 5.82 Å². The molecule has 2 unspecified atom stereocenters. The second kappa shape index (κ2) is 7.31. The van der Waals surface area contributed by atoms with Gasteiger partial charge in [0.05, 0.1) is 6.54 Å². The lowest BCUT2D eigenvalue weighted by Gasteiger charge is -2.42. The van der Waals surface area contributed by atoms with Gasteiger partial charge < -0.3 is 19.9 Å².